The second-order valence-corrected chi connectivity index (χ2v) is 15.6. The lowest BCUT2D eigenvalue weighted by Crippen LogP contribution is -2.34. The van der Waals surface area contributed by atoms with Gasteiger partial charge >= 0.3 is 25.7 Å². The second-order valence-electron chi connectivity index (χ2n) is 14.1. The van der Waals surface area contributed by atoms with Gasteiger partial charge in [0.05, 0.1) is 13.2 Å². The van der Waals surface area contributed by atoms with Crippen molar-refractivity contribution < 1.29 is 47.5 Å². The summed E-state index contributed by atoms with van der Waals surface area (Å²) in [6.07, 6.45) is 41.7. The Kier molecular flexibility index (Phi) is 36.5. The maximum atomic E-state index is 12.6. The number of hydrogen-bond donors (Lipinski definition) is 3. The van der Waals surface area contributed by atoms with E-state index in [4.69, 9.17) is 24.8 Å². The largest absolute Gasteiger partial charge is 0.480 e. The summed E-state index contributed by atoms with van der Waals surface area (Å²) in [4.78, 5) is 45.9. The fourth-order valence-electron chi connectivity index (χ4n) is 5.47. The number of nitrogens with two attached hydrogens (primary N) is 1. The third-order valence-electron chi connectivity index (χ3n) is 8.81. The first-order valence-electron chi connectivity index (χ1n) is 21.2. The predicted octanol–water partition coefficient (Wildman–Crippen LogP) is 11.0. The standard InChI is InChI=1S/C43H76NO10P/c1-3-5-7-9-11-13-15-17-19-20-21-23-24-26-28-30-32-34-41(45)51-36-39(37-52-55(49,50)53-38-40(44)43(47)48)54-42(46)35-33-31-29-27-25-22-18-16-14-12-10-8-6-4-2/h7,9,13,15,19-20,23-24,39-40H,3-6,8,10-12,14,16-18,21-22,25-38,44H2,1-2H3,(H,47,48)(H,49,50)/b9-7+,15-13+,20-19+,24-23+/t39-,40+/m1/s1. The van der Waals surface area contributed by atoms with E-state index in [-0.39, 0.29) is 19.4 Å². The lowest BCUT2D eigenvalue weighted by molar-refractivity contribution is -0.161. The van der Waals surface area contributed by atoms with E-state index in [1.165, 1.54) is 70.6 Å². The van der Waals surface area contributed by atoms with Gasteiger partial charge in [0.2, 0.25) is 0 Å². The molecule has 4 N–H and O–H groups in total. The average molecular weight is 798 g/mol. The fraction of sp³-hybridized carbons (Fsp3) is 0.744. The van der Waals surface area contributed by atoms with Crippen molar-refractivity contribution in [2.45, 2.75) is 187 Å². The molecule has 0 bridgehead atoms. The first kappa shape index (κ1) is 52.4. The van der Waals surface area contributed by atoms with Crippen LogP contribution in [0.4, 0.5) is 0 Å². The van der Waals surface area contributed by atoms with Gasteiger partial charge in [-0.1, -0.05) is 159 Å². The zero-order valence-corrected chi connectivity index (χ0v) is 35.2. The van der Waals surface area contributed by atoms with Crippen molar-refractivity contribution in [2.75, 3.05) is 19.8 Å². The Hall–Kier alpha value is -2.56. The first-order valence-corrected chi connectivity index (χ1v) is 22.7. The highest BCUT2D eigenvalue weighted by Gasteiger charge is 2.28. The highest BCUT2D eigenvalue weighted by molar-refractivity contribution is 7.47. The molecule has 0 aliphatic carbocycles. The van der Waals surface area contributed by atoms with Crippen LogP contribution in [0.1, 0.15) is 174 Å². The van der Waals surface area contributed by atoms with E-state index in [0.29, 0.717) is 12.8 Å². The van der Waals surface area contributed by atoms with Gasteiger partial charge in [-0.15, -0.1) is 0 Å². The zero-order chi connectivity index (χ0) is 40.7. The minimum absolute atomic E-state index is 0.155. The number of hydrogen-bond acceptors (Lipinski definition) is 9. The number of carbonyl (C=O) groups excluding carboxylic acids is 2. The van der Waals surface area contributed by atoms with Gasteiger partial charge in [0.25, 0.3) is 0 Å². The number of unbranched alkanes of at least 4 members (excludes halogenated alkanes) is 17. The molecule has 0 saturated heterocycles. The van der Waals surface area contributed by atoms with Gasteiger partial charge in [-0.3, -0.25) is 23.4 Å². The topological polar surface area (TPSA) is 172 Å². The normalized spacial score (nSPS) is 14.3. The lowest BCUT2D eigenvalue weighted by Gasteiger charge is -2.20. The molecular weight excluding hydrogens is 721 g/mol. The van der Waals surface area contributed by atoms with E-state index in [2.05, 4.69) is 67.0 Å². The number of aliphatic carboxylic acids is 1. The Morgan fingerprint density at radius 2 is 1.00 bits per heavy atom. The summed E-state index contributed by atoms with van der Waals surface area (Å²) < 4.78 is 32.6. The average Bonchev–Trinajstić information content (AvgIpc) is 3.16. The van der Waals surface area contributed by atoms with Gasteiger partial charge in [-0.2, -0.15) is 0 Å². The summed E-state index contributed by atoms with van der Waals surface area (Å²) in [7, 11) is -4.72. The second kappa shape index (κ2) is 38.3. The summed E-state index contributed by atoms with van der Waals surface area (Å²) in [6.45, 7) is 2.70. The molecule has 0 aliphatic heterocycles. The maximum absolute atomic E-state index is 12.6. The van der Waals surface area contributed by atoms with Crippen molar-refractivity contribution in [1.82, 2.24) is 0 Å². The van der Waals surface area contributed by atoms with Crippen molar-refractivity contribution >= 4 is 25.7 Å². The molecule has 0 radical (unpaired) electrons. The molecule has 0 amide bonds. The fourth-order valence-corrected chi connectivity index (χ4v) is 6.25. The van der Waals surface area contributed by atoms with Crippen molar-refractivity contribution in [3.63, 3.8) is 0 Å². The molecule has 0 aromatic carbocycles. The molecule has 0 aliphatic rings. The summed E-state index contributed by atoms with van der Waals surface area (Å²) in [5.74, 6) is -2.42. The van der Waals surface area contributed by atoms with E-state index in [1.807, 2.05) is 0 Å². The number of esters is 2. The Morgan fingerprint density at radius 1 is 0.564 bits per heavy atom. The van der Waals surface area contributed by atoms with Crippen LogP contribution >= 0.6 is 7.82 Å². The molecule has 0 saturated carbocycles. The van der Waals surface area contributed by atoms with Gasteiger partial charge < -0.3 is 25.2 Å². The molecule has 55 heavy (non-hydrogen) atoms. The number of carbonyl (C=O) groups is 3. The van der Waals surface area contributed by atoms with Gasteiger partial charge in [-0.05, 0) is 51.4 Å². The summed E-state index contributed by atoms with van der Waals surface area (Å²) in [5, 5.41) is 8.88. The first-order chi connectivity index (χ1) is 26.6. The van der Waals surface area contributed by atoms with Gasteiger partial charge in [-0.25, -0.2) is 4.57 Å². The number of carboxylic acids is 1. The minimum atomic E-state index is -4.72. The third kappa shape index (κ3) is 38.1. The molecule has 0 fully saturated rings. The van der Waals surface area contributed by atoms with Crippen LogP contribution < -0.4 is 5.73 Å². The molecule has 0 aromatic rings. The molecule has 318 valence electrons. The summed E-state index contributed by atoms with van der Waals surface area (Å²) >= 11 is 0. The number of carboxylic acid groups (broad SMARTS) is 1. The van der Waals surface area contributed by atoms with E-state index < -0.39 is 51.1 Å². The van der Waals surface area contributed by atoms with Gasteiger partial charge in [0.15, 0.2) is 6.10 Å². The smallest absolute Gasteiger partial charge is 0.472 e. The van der Waals surface area contributed by atoms with Crippen LogP contribution in [0.25, 0.3) is 0 Å². The monoisotopic (exact) mass is 798 g/mol. The summed E-state index contributed by atoms with van der Waals surface area (Å²) in [5.41, 5.74) is 5.33. The van der Waals surface area contributed by atoms with Crippen LogP contribution in [0.15, 0.2) is 48.6 Å². The molecule has 3 atom stereocenters. The Morgan fingerprint density at radius 3 is 1.51 bits per heavy atom. The quantitative estimate of drug-likeness (QED) is 0.0234. The third-order valence-corrected chi connectivity index (χ3v) is 9.76. The van der Waals surface area contributed by atoms with Crippen molar-refractivity contribution in [1.29, 1.82) is 0 Å². The maximum Gasteiger partial charge on any atom is 0.472 e. The van der Waals surface area contributed by atoms with Crippen molar-refractivity contribution in [3.8, 4) is 0 Å². The molecule has 12 heteroatoms. The number of allylic oxidation sites excluding steroid dienone is 8. The van der Waals surface area contributed by atoms with Crippen LogP contribution in [0.5, 0.6) is 0 Å². The van der Waals surface area contributed by atoms with Crippen molar-refractivity contribution in [2.24, 2.45) is 5.73 Å². The van der Waals surface area contributed by atoms with Gasteiger partial charge in [0.1, 0.15) is 12.6 Å². The molecule has 0 aromatic heterocycles. The Balaban J connectivity index is 4.43. The van der Waals surface area contributed by atoms with Crippen LogP contribution in [0, 0.1) is 0 Å². The lowest BCUT2D eigenvalue weighted by atomic mass is 10.0. The minimum Gasteiger partial charge on any atom is -0.480 e. The van der Waals surface area contributed by atoms with Gasteiger partial charge in [0, 0.05) is 12.8 Å². The highest BCUT2D eigenvalue weighted by Crippen LogP contribution is 2.43. The molecule has 1 unspecified atom stereocenters. The molecule has 0 rings (SSSR count). The number of ether oxygens (including phenoxy) is 2. The van der Waals surface area contributed by atoms with Crippen LogP contribution in [0.2, 0.25) is 0 Å². The molecule has 0 heterocycles. The predicted molar refractivity (Wildman–Crippen MR) is 222 cm³/mol. The Bertz CT molecular complexity index is 1120. The Labute approximate surface area is 333 Å². The molecule has 0 spiro atoms. The van der Waals surface area contributed by atoms with E-state index in [0.717, 1.165) is 64.2 Å². The number of phosphoric ester groups is 1. The van der Waals surface area contributed by atoms with E-state index in [9.17, 15) is 23.8 Å². The molecular formula is C43H76NO10P. The number of rotatable bonds is 39. The zero-order valence-electron chi connectivity index (χ0n) is 34.3. The van der Waals surface area contributed by atoms with Crippen LogP contribution in [0.3, 0.4) is 0 Å². The summed E-state index contributed by atoms with van der Waals surface area (Å²) in [6, 6.07) is -1.53. The van der Waals surface area contributed by atoms with E-state index >= 15 is 0 Å². The van der Waals surface area contributed by atoms with E-state index in [1.54, 1.807) is 0 Å². The molecule has 11 nitrogen and oxygen atoms in total. The van der Waals surface area contributed by atoms with Crippen LogP contribution in [-0.4, -0.2) is 59.9 Å². The van der Waals surface area contributed by atoms with Crippen molar-refractivity contribution in [3.05, 3.63) is 48.6 Å². The SMILES string of the molecule is CCC/C=C/C/C=C/C/C=C/C/C=C/CCCCCC(=O)OC[C@H](COP(=O)(O)OC[C@H](N)C(=O)O)OC(=O)CCCCCCCCCCCCCCCC. The highest BCUT2D eigenvalue weighted by atomic mass is 31.2. The van der Waals surface area contributed by atoms with Crippen LogP contribution in [-0.2, 0) is 37.5 Å². The number of phosphoric acid groups is 1.